The van der Waals surface area contributed by atoms with Gasteiger partial charge < -0.3 is 20.4 Å². The van der Waals surface area contributed by atoms with Crippen molar-refractivity contribution in [2.45, 2.75) is 99.9 Å². The molecule has 2 atom stereocenters. The van der Waals surface area contributed by atoms with Crippen LogP contribution >= 0.6 is 0 Å². The zero-order valence-corrected chi connectivity index (χ0v) is 29.2. The first-order valence-electron chi connectivity index (χ1n) is 17.7. The number of nitrogens with one attached hydrogen (secondary N) is 2. The number of likely N-dealkylation sites (tertiary alicyclic amines) is 1. The van der Waals surface area contributed by atoms with E-state index in [-0.39, 0.29) is 22.7 Å². The van der Waals surface area contributed by atoms with Gasteiger partial charge in [0.25, 0.3) is 0 Å². The van der Waals surface area contributed by atoms with E-state index >= 15 is 0 Å². The molecule has 2 saturated heterocycles. The normalized spacial score (nSPS) is 24.0. The first-order valence-corrected chi connectivity index (χ1v) is 19.3. The van der Waals surface area contributed by atoms with E-state index in [1.165, 1.54) is 24.0 Å². The van der Waals surface area contributed by atoms with Gasteiger partial charge in [-0.25, -0.2) is 13.2 Å². The molecule has 0 spiro atoms. The fourth-order valence-electron chi connectivity index (χ4n) is 8.54. The number of amides is 2. The lowest BCUT2D eigenvalue weighted by molar-refractivity contribution is 0.0466. The number of rotatable bonds is 12. The van der Waals surface area contributed by atoms with Crippen LogP contribution < -0.4 is 15.5 Å². The molecule has 2 aromatic carbocycles. The van der Waals surface area contributed by atoms with E-state index in [4.69, 9.17) is 0 Å². The van der Waals surface area contributed by atoms with Crippen molar-refractivity contribution in [1.29, 1.82) is 0 Å². The molecule has 3 heterocycles. The molecule has 6 rings (SSSR count). The van der Waals surface area contributed by atoms with E-state index < -0.39 is 9.84 Å². The molecular formula is C37H55N5O3S. The third kappa shape index (κ3) is 6.97. The van der Waals surface area contributed by atoms with Crippen molar-refractivity contribution < 1.29 is 13.2 Å². The Bertz CT molecular complexity index is 1450. The van der Waals surface area contributed by atoms with Gasteiger partial charge in [-0.1, -0.05) is 37.6 Å². The molecule has 2 N–H and O–H groups in total. The van der Waals surface area contributed by atoms with E-state index in [0.29, 0.717) is 22.8 Å². The van der Waals surface area contributed by atoms with Gasteiger partial charge in [0, 0.05) is 68.9 Å². The molecule has 0 radical (unpaired) electrons. The van der Waals surface area contributed by atoms with E-state index in [1.54, 1.807) is 19.2 Å². The maximum atomic E-state index is 12.6. The van der Waals surface area contributed by atoms with Crippen LogP contribution in [0.15, 0.2) is 53.4 Å². The molecule has 4 aliphatic rings. The molecular weight excluding hydrogens is 595 g/mol. The second kappa shape index (κ2) is 13.9. The summed E-state index contributed by atoms with van der Waals surface area (Å²) in [6, 6.07) is 17.2. The summed E-state index contributed by atoms with van der Waals surface area (Å²) < 4.78 is 25.2. The zero-order valence-electron chi connectivity index (χ0n) is 28.4. The molecule has 46 heavy (non-hydrogen) atoms. The van der Waals surface area contributed by atoms with Gasteiger partial charge in [-0.2, -0.15) is 0 Å². The van der Waals surface area contributed by atoms with Crippen LogP contribution in [-0.2, 0) is 21.8 Å². The Balaban J connectivity index is 1.11. The highest BCUT2D eigenvalue weighted by molar-refractivity contribution is 7.92. The molecule has 1 aliphatic carbocycles. The van der Waals surface area contributed by atoms with Crippen LogP contribution in [0.5, 0.6) is 0 Å². The van der Waals surface area contributed by atoms with Gasteiger partial charge in [-0.15, -0.1) is 0 Å². The maximum absolute atomic E-state index is 12.6. The first kappa shape index (κ1) is 33.3. The third-order valence-electron chi connectivity index (χ3n) is 11.3. The topological polar surface area (TPSA) is 85.0 Å². The number of piperidine rings is 1. The summed E-state index contributed by atoms with van der Waals surface area (Å²) in [6.07, 6.45) is 6.94. The summed E-state index contributed by atoms with van der Waals surface area (Å²) in [5.74, 6) is 1.19. The average Bonchev–Trinajstić information content (AvgIpc) is 3.90. The number of urea groups is 1. The van der Waals surface area contributed by atoms with E-state index in [1.807, 2.05) is 12.1 Å². The summed E-state index contributed by atoms with van der Waals surface area (Å²) in [6.45, 7) is 14.3. The number of anilines is 1. The summed E-state index contributed by atoms with van der Waals surface area (Å²) >= 11 is 0. The number of benzene rings is 2. The summed E-state index contributed by atoms with van der Waals surface area (Å²) in [5.41, 5.74) is 4.09. The highest BCUT2D eigenvalue weighted by atomic mass is 32.2. The van der Waals surface area contributed by atoms with Crippen molar-refractivity contribution in [3.63, 3.8) is 0 Å². The van der Waals surface area contributed by atoms with Crippen molar-refractivity contribution in [1.82, 2.24) is 20.4 Å². The molecule has 252 valence electrons. The summed E-state index contributed by atoms with van der Waals surface area (Å²) in [5, 5.41) is 5.96. The number of nitrogens with zero attached hydrogens (tertiary/aromatic N) is 3. The van der Waals surface area contributed by atoms with Crippen LogP contribution in [0, 0.1) is 11.8 Å². The second-order valence-electron chi connectivity index (χ2n) is 14.8. The minimum atomic E-state index is -3.13. The number of carbonyl (C=O) groups excluding carboxylic acids is 1. The van der Waals surface area contributed by atoms with Crippen LogP contribution in [0.4, 0.5) is 10.5 Å². The van der Waals surface area contributed by atoms with Crippen molar-refractivity contribution in [3.05, 3.63) is 59.7 Å². The Kier molecular flexibility index (Phi) is 10.0. The van der Waals surface area contributed by atoms with Crippen LogP contribution in [0.1, 0.15) is 76.8 Å². The van der Waals surface area contributed by atoms with Crippen molar-refractivity contribution >= 4 is 21.6 Å². The van der Waals surface area contributed by atoms with Crippen LogP contribution in [0.25, 0.3) is 0 Å². The van der Waals surface area contributed by atoms with Crippen molar-refractivity contribution in [2.24, 2.45) is 11.8 Å². The monoisotopic (exact) mass is 649 g/mol. The first-order chi connectivity index (χ1) is 22.1. The van der Waals surface area contributed by atoms with Crippen molar-refractivity contribution in [2.75, 3.05) is 51.2 Å². The van der Waals surface area contributed by atoms with E-state index in [9.17, 15) is 13.2 Å². The van der Waals surface area contributed by atoms with Gasteiger partial charge >= 0.3 is 6.03 Å². The Morgan fingerprint density at radius 3 is 2.33 bits per heavy atom. The zero-order chi connectivity index (χ0) is 32.5. The van der Waals surface area contributed by atoms with Gasteiger partial charge in [0.05, 0.1) is 10.1 Å². The minimum absolute atomic E-state index is 0.00151. The lowest BCUT2D eigenvalue weighted by Crippen LogP contribution is -2.58. The second-order valence-corrected chi connectivity index (χ2v) is 17.0. The molecule has 8 nitrogen and oxygen atoms in total. The standard InChI is InChI=1S/C37H55N5O3S/c1-5-8-31(39-36(43)38-4)21-37(26-42(27(2)3)25-29-9-6-7-10-35(29)37)30-17-19-40(20-18-30)22-28-23-41(24-28)32-11-13-33(14-12-32)46(44,45)34-15-16-34/h6-7,9-14,27-28,30-31,34H,5,8,15-26H2,1-4H3,(H2,38,39,43)/t31-,37?/m0/s1. The van der Waals surface area contributed by atoms with Crippen LogP contribution in [-0.4, -0.2) is 87.9 Å². The quantitative estimate of drug-likeness (QED) is 0.320. The Morgan fingerprint density at radius 1 is 1.00 bits per heavy atom. The van der Waals surface area contributed by atoms with Crippen LogP contribution in [0.2, 0.25) is 0 Å². The number of fused-ring (bicyclic) bond motifs is 1. The number of carbonyl (C=O) groups is 1. The third-order valence-corrected chi connectivity index (χ3v) is 13.6. The van der Waals surface area contributed by atoms with Crippen molar-refractivity contribution in [3.8, 4) is 0 Å². The fraction of sp³-hybridized carbons (Fsp3) is 0.649. The van der Waals surface area contributed by atoms with Crippen LogP contribution in [0.3, 0.4) is 0 Å². The Hall–Kier alpha value is -2.62. The SMILES string of the molecule is CCC[C@@H](CC1(C2CCN(CC3CN(c4ccc(S(=O)(=O)C5CC5)cc4)C3)CC2)CN(C(C)C)Cc2ccccc21)NC(=O)NC. The number of hydrogen-bond acceptors (Lipinski definition) is 6. The van der Waals surface area contributed by atoms with Gasteiger partial charge in [0.2, 0.25) is 0 Å². The predicted octanol–water partition coefficient (Wildman–Crippen LogP) is 5.42. The van der Waals surface area contributed by atoms with Gasteiger partial charge in [0.1, 0.15) is 0 Å². The molecule has 2 amide bonds. The highest BCUT2D eigenvalue weighted by Crippen LogP contribution is 2.48. The molecule has 2 aromatic rings. The molecule has 1 saturated carbocycles. The fourth-order valence-corrected chi connectivity index (χ4v) is 10.2. The smallest absolute Gasteiger partial charge is 0.314 e. The highest BCUT2D eigenvalue weighted by Gasteiger charge is 2.48. The Morgan fingerprint density at radius 2 is 1.70 bits per heavy atom. The predicted molar refractivity (Wildman–Crippen MR) is 186 cm³/mol. The summed E-state index contributed by atoms with van der Waals surface area (Å²) in [7, 11) is -1.43. The minimum Gasteiger partial charge on any atom is -0.371 e. The average molecular weight is 650 g/mol. The molecule has 0 bridgehead atoms. The van der Waals surface area contributed by atoms with E-state index in [2.05, 4.69) is 70.4 Å². The van der Waals surface area contributed by atoms with E-state index in [0.717, 1.165) is 83.6 Å². The lowest BCUT2D eigenvalue weighted by atomic mass is 9.60. The number of sulfone groups is 1. The van der Waals surface area contributed by atoms with Gasteiger partial charge in [0.15, 0.2) is 9.84 Å². The van der Waals surface area contributed by atoms with Gasteiger partial charge in [-0.3, -0.25) is 4.90 Å². The van der Waals surface area contributed by atoms with Gasteiger partial charge in [-0.05, 0) is 107 Å². The molecule has 3 aliphatic heterocycles. The summed E-state index contributed by atoms with van der Waals surface area (Å²) in [4.78, 5) is 20.7. The molecule has 9 heteroatoms. The molecule has 1 unspecified atom stereocenters. The maximum Gasteiger partial charge on any atom is 0.314 e. The lowest BCUT2D eigenvalue weighted by Gasteiger charge is -2.53. The molecule has 3 fully saturated rings. The number of hydrogen-bond donors (Lipinski definition) is 2. The Labute approximate surface area is 277 Å². The molecule has 0 aromatic heterocycles. The largest absolute Gasteiger partial charge is 0.371 e.